The molecule has 1 fully saturated rings. The van der Waals surface area contributed by atoms with E-state index in [2.05, 4.69) is 19.7 Å². The maximum Gasteiger partial charge on any atom is 0.192 e. The van der Waals surface area contributed by atoms with E-state index in [9.17, 15) is 9.18 Å². The van der Waals surface area contributed by atoms with Gasteiger partial charge in [-0.2, -0.15) is 0 Å². The Hall–Kier alpha value is -2.54. The van der Waals surface area contributed by atoms with Crippen molar-refractivity contribution < 1.29 is 9.18 Å². The molecule has 1 unspecified atom stereocenters. The van der Waals surface area contributed by atoms with Crippen LogP contribution in [0.3, 0.4) is 0 Å². The molecule has 132 valence electrons. The van der Waals surface area contributed by atoms with Crippen LogP contribution in [-0.2, 0) is 0 Å². The zero-order chi connectivity index (χ0) is 18.1. The van der Waals surface area contributed by atoms with Gasteiger partial charge in [0, 0.05) is 29.6 Å². The Morgan fingerprint density at radius 1 is 1.15 bits per heavy atom. The molecule has 0 amide bonds. The summed E-state index contributed by atoms with van der Waals surface area (Å²) in [6.07, 6.45) is 5.64. The highest BCUT2D eigenvalue weighted by atomic mass is 32.2. The van der Waals surface area contributed by atoms with Crippen LogP contribution in [0.5, 0.6) is 0 Å². The number of hydrogen-bond donors (Lipinski definition) is 0. The number of Topliss-reactive ketones (excluding diaryl/α,β-unsaturated/α-hetero) is 1. The smallest absolute Gasteiger partial charge is 0.192 e. The molecule has 26 heavy (non-hydrogen) atoms. The second-order valence-electron chi connectivity index (χ2n) is 6.27. The van der Waals surface area contributed by atoms with Crippen LogP contribution in [0.1, 0.15) is 36.2 Å². The summed E-state index contributed by atoms with van der Waals surface area (Å²) in [4.78, 5) is 16.7. The third-order valence-electron chi connectivity index (χ3n) is 4.30. The van der Waals surface area contributed by atoms with Crippen LogP contribution >= 0.6 is 11.8 Å². The molecule has 0 radical (unpaired) electrons. The maximum absolute atomic E-state index is 13.1. The SMILES string of the molecule is CC(Sc1nnc(-c2ccncc2)n1C1CC1)C(=O)c1ccc(F)cc1. The summed E-state index contributed by atoms with van der Waals surface area (Å²) in [6.45, 7) is 1.84. The van der Waals surface area contributed by atoms with Crippen molar-refractivity contribution in [1.82, 2.24) is 19.7 Å². The number of rotatable bonds is 6. The average molecular weight is 368 g/mol. The van der Waals surface area contributed by atoms with Crippen molar-refractivity contribution in [2.75, 3.05) is 0 Å². The minimum absolute atomic E-state index is 0.0502. The molecule has 2 aromatic heterocycles. The van der Waals surface area contributed by atoms with E-state index in [-0.39, 0.29) is 16.9 Å². The summed E-state index contributed by atoms with van der Waals surface area (Å²) in [6, 6.07) is 9.83. The molecule has 0 aliphatic heterocycles. The van der Waals surface area contributed by atoms with Crippen LogP contribution < -0.4 is 0 Å². The molecule has 3 aromatic rings. The van der Waals surface area contributed by atoms with Crippen LogP contribution in [-0.4, -0.2) is 30.8 Å². The number of nitrogens with zero attached hydrogens (tertiary/aromatic N) is 4. The molecule has 1 atom stereocenters. The second kappa shape index (κ2) is 6.99. The fourth-order valence-corrected chi connectivity index (χ4v) is 3.77. The lowest BCUT2D eigenvalue weighted by Crippen LogP contribution is -2.14. The number of pyridine rings is 1. The molecule has 1 aromatic carbocycles. The minimum Gasteiger partial charge on any atom is -0.299 e. The van der Waals surface area contributed by atoms with E-state index in [0.717, 1.165) is 29.4 Å². The monoisotopic (exact) mass is 368 g/mol. The quantitative estimate of drug-likeness (QED) is 0.483. The predicted molar refractivity (Wildman–Crippen MR) is 97.6 cm³/mol. The summed E-state index contributed by atoms with van der Waals surface area (Å²) in [5, 5.41) is 9.07. The van der Waals surface area contributed by atoms with Crippen molar-refractivity contribution in [3.63, 3.8) is 0 Å². The molecule has 7 heteroatoms. The lowest BCUT2D eigenvalue weighted by molar-refractivity contribution is 0.0994. The molecule has 1 saturated carbocycles. The lowest BCUT2D eigenvalue weighted by atomic mass is 10.1. The lowest BCUT2D eigenvalue weighted by Gasteiger charge is -2.12. The number of halogens is 1. The van der Waals surface area contributed by atoms with E-state index < -0.39 is 0 Å². The van der Waals surface area contributed by atoms with Gasteiger partial charge in [0.2, 0.25) is 0 Å². The first-order chi connectivity index (χ1) is 12.6. The number of ketones is 1. The molecule has 0 spiro atoms. The Balaban J connectivity index is 1.59. The van der Waals surface area contributed by atoms with E-state index in [1.165, 1.54) is 36.0 Å². The van der Waals surface area contributed by atoms with Crippen LogP contribution in [0, 0.1) is 5.82 Å². The Labute approximate surface area is 154 Å². The topological polar surface area (TPSA) is 60.7 Å². The van der Waals surface area contributed by atoms with Crippen molar-refractivity contribution in [2.45, 2.75) is 36.2 Å². The molecule has 1 aliphatic rings. The zero-order valence-electron chi connectivity index (χ0n) is 14.2. The molecule has 5 nitrogen and oxygen atoms in total. The normalized spacial score (nSPS) is 15.0. The number of benzene rings is 1. The van der Waals surface area contributed by atoms with E-state index in [0.29, 0.717) is 11.6 Å². The van der Waals surface area contributed by atoms with Gasteiger partial charge < -0.3 is 0 Å². The first-order valence-electron chi connectivity index (χ1n) is 8.45. The second-order valence-corrected chi connectivity index (χ2v) is 7.58. The summed E-state index contributed by atoms with van der Waals surface area (Å²) in [5.74, 6) is 0.405. The first kappa shape index (κ1) is 16.9. The number of hydrogen-bond acceptors (Lipinski definition) is 5. The number of carbonyl (C=O) groups excluding carboxylic acids is 1. The minimum atomic E-state index is -0.350. The van der Waals surface area contributed by atoms with Gasteiger partial charge in [0.15, 0.2) is 16.8 Å². The summed E-state index contributed by atoms with van der Waals surface area (Å²) in [5.41, 5.74) is 1.46. The van der Waals surface area contributed by atoms with Crippen LogP contribution in [0.4, 0.5) is 4.39 Å². The molecule has 1 aliphatic carbocycles. The van der Waals surface area contributed by atoms with Gasteiger partial charge in [0.05, 0.1) is 5.25 Å². The van der Waals surface area contributed by atoms with Gasteiger partial charge in [-0.05, 0) is 56.2 Å². The summed E-state index contributed by atoms with van der Waals surface area (Å²) < 4.78 is 15.2. The Morgan fingerprint density at radius 2 is 1.85 bits per heavy atom. The van der Waals surface area contributed by atoms with Gasteiger partial charge >= 0.3 is 0 Å². The fraction of sp³-hybridized carbons (Fsp3) is 0.263. The Bertz CT molecular complexity index is 922. The van der Waals surface area contributed by atoms with Gasteiger partial charge in [-0.25, -0.2) is 4.39 Å². The largest absolute Gasteiger partial charge is 0.299 e. The molecule has 0 N–H and O–H groups in total. The van der Waals surface area contributed by atoms with Crippen LogP contribution in [0.2, 0.25) is 0 Å². The van der Waals surface area contributed by atoms with Gasteiger partial charge in [-0.3, -0.25) is 14.3 Å². The number of aromatic nitrogens is 4. The van der Waals surface area contributed by atoms with Gasteiger partial charge in [-0.15, -0.1) is 10.2 Å². The van der Waals surface area contributed by atoms with Gasteiger partial charge in [0.1, 0.15) is 5.82 Å². The third-order valence-corrected chi connectivity index (χ3v) is 5.35. The van der Waals surface area contributed by atoms with Gasteiger partial charge in [-0.1, -0.05) is 11.8 Å². The van der Waals surface area contributed by atoms with Crippen LogP contribution in [0.15, 0.2) is 53.9 Å². The van der Waals surface area contributed by atoms with E-state index >= 15 is 0 Å². The van der Waals surface area contributed by atoms with Crippen LogP contribution in [0.25, 0.3) is 11.4 Å². The van der Waals surface area contributed by atoms with Crippen molar-refractivity contribution in [3.8, 4) is 11.4 Å². The molecular weight excluding hydrogens is 351 g/mol. The Kier molecular flexibility index (Phi) is 4.55. The molecule has 0 bridgehead atoms. The number of carbonyl (C=O) groups is 1. The van der Waals surface area contributed by atoms with Gasteiger partial charge in [0.25, 0.3) is 0 Å². The van der Waals surface area contributed by atoms with Crippen molar-refractivity contribution in [2.24, 2.45) is 0 Å². The van der Waals surface area contributed by atoms with E-state index in [1.54, 1.807) is 12.4 Å². The fourth-order valence-electron chi connectivity index (χ4n) is 2.78. The average Bonchev–Trinajstić information content (AvgIpc) is 3.42. The summed E-state index contributed by atoms with van der Waals surface area (Å²) >= 11 is 1.39. The highest BCUT2D eigenvalue weighted by Crippen LogP contribution is 2.41. The van der Waals surface area contributed by atoms with E-state index in [1.807, 2.05) is 19.1 Å². The maximum atomic E-state index is 13.1. The van der Waals surface area contributed by atoms with Crippen molar-refractivity contribution in [1.29, 1.82) is 0 Å². The third kappa shape index (κ3) is 3.39. The van der Waals surface area contributed by atoms with Crippen molar-refractivity contribution >= 4 is 17.5 Å². The molecular formula is C19H17FN4OS. The summed E-state index contributed by atoms with van der Waals surface area (Å²) in [7, 11) is 0. The molecule has 4 rings (SSSR count). The first-order valence-corrected chi connectivity index (χ1v) is 9.33. The Morgan fingerprint density at radius 3 is 2.50 bits per heavy atom. The predicted octanol–water partition coefficient (Wildman–Crippen LogP) is 4.18. The zero-order valence-corrected chi connectivity index (χ0v) is 15.0. The molecule has 0 saturated heterocycles. The number of thioether (sulfide) groups is 1. The molecule has 2 heterocycles. The highest BCUT2D eigenvalue weighted by molar-refractivity contribution is 8.00. The van der Waals surface area contributed by atoms with E-state index in [4.69, 9.17) is 0 Å². The highest BCUT2D eigenvalue weighted by Gasteiger charge is 2.31. The standard InChI is InChI=1S/C19H17FN4OS/c1-12(17(25)13-2-4-15(20)5-3-13)26-19-23-22-18(24(19)16-6-7-16)14-8-10-21-11-9-14/h2-5,8-12,16H,6-7H2,1H3. The van der Waals surface area contributed by atoms with Crippen molar-refractivity contribution in [3.05, 3.63) is 60.2 Å².